The van der Waals surface area contributed by atoms with Gasteiger partial charge in [-0.05, 0) is 139 Å². The average Bonchev–Trinajstić information content (AvgIpc) is 3.47. The van der Waals surface area contributed by atoms with Crippen LogP contribution < -0.4 is 0 Å². The van der Waals surface area contributed by atoms with Crippen LogP contribution >= 0.6 is 22.7 Å². The summed E-state index contributed by atoms with van der Waals surface area (Å²) in [7, 11) is 0. The van der Waals surface area contributed by atoms with Gasteiger partial charge >= 0.3 is 0 Å². The molecule has 0 bridgehead atoms. The standard InChI is InChI=1S/C40H26S2/c1-19-13-29-25-7-5-23-17-35(41-33-11-9-27(39(25)37(23)33)31(29)15-21(19)3)36-18-24-6-8-26-30-14-20(2)22(4)16-32(30)28-10-12-34(42-36)38(24)40(26)28/h5-18H,1-4H3. The van der Waals surface area contributed by atoms with Crippen LogP contribution in [0, 0.1) is 27.7 Å². The maximum atomic E-state index is 2.43. The van der Waals surface area contributed by atoms with Crippen molar-refractivity contribution in [1.29, 1.82) is 0 Å². The van der Waals surface area contributed by atoms with Crippen molar-refractivity contribution in [3.63, 3.8) is 0 Å². The third-order valence-corrected chi connectivity index (χ3v) is 12.4. The molecule has 0 fully saturated rings. The highest BCUT2D eigenvalue weighted by Crippen LogP contribution is 2.49. The quantitative estimate of drug-likeness (QED) is 0.184. The molecule has 0 aliphatic heterocycles. The molecule has 2 heterocycles. The van der Waals surface area contributed by atoms with Gasteiger partial charge in [-0.2, -0.15) is 0 Å². The summed E-state index contributed by atoms with van der Waals surface area (Å²) in [6.45, 7) is 8.91. The highest BCUT2D eigenvalue weighted by atomic mass is 32.1. The van der Waals surface area contributed by atoms with Crippen molar-refractivity contribution in [2.24, 2.45) is 0 Å². The predicted octanol–water partition coefficient (Wildman–Crippen LogP) is 12.8. The van der Waals surface area contributed by atoms with Gasteiger partial charge in [-0.1, -0.05) is 60.7 Å². The molecule has 0 atom stereocenters. The lowest BCUT2D eigenvalue weighted by Crippen LogP contribution is -1.82. The van der Waals surface area contributed by atoms with Crippen molar-refractivity contribution in [2.75, 3.05) is 0 Å². The maximum absolute atomic E-state index is 2.43. The summed E-state index contributed by atoms with van der Waals surface area (Å²) in [6.07, 6.45) is 0. The Kier molecular flexibility index (Phi) is 4.32. The van der Waals surface area contributed by atoms with Crippen molar-refractivity contribution >= 4 is 107 Å². The van der Waals surface area contributed by atoms with Gasteiger partial charge in [0.2, 0.25) is 0 Å². The lowest BCUT2D eigenvalue weighted by atomic mass is 10.0. The van der Waals surface area contributed by atoms with Crippen molar-refractivity contribution in [2.45, 2.75) is 27.7 Å². The van der Waals surface area contributed by atoms with E-state index in [2.05, 4.69) is 113 Å². The third kappa shape index (κ3) is 2.82. The number of hydrogen-bond acceptors (Lipinski definition) is 2. The predicted molar refractivity (Wildman–Crippen MR) is 189 cm³/mol. The zero-order chi connectivity index (χ0) is 28.0. The average molecular weight is 571 g/mol. The maximum Gasteiger partial charge on any atom is 0.0455 e. The molecule has 0 N–H and O–H groups in total. The SMILES string of the molecule is Cc1cc2c(cc1C)c1ccc3sc(-c4cc5ccc6c7cc(C)c(C)cc7c7ccc(s4)c5c67)cc4ccc2c1c43. The van der Waals surface area contributed by atoms with Crippen LogP contribution in [0.3, 0.4) is 0 Å². The van der Waals surface area contributed by atoms with Gasteiger partial charge in [0.05, 0.1) is 0 Å². The molecule has 0 nitrogen and oxygen atoms in total. The van der Waals surface area contributed by atoms with E-state index in [1.807, 2.05) is 22.7 Å². The van der Waals surface area contributed by atoms with E-state index in [-0.39, 0.29) is 0 Å². The Morgan fingerprint density at radius 2 is 0.667 bits per heavy atom. The van der Waals surface area contributed by atoms with Crippen molar-refractivity contribution in [3.8, 4) is 9.75 Å². The summed E-state index contributed by atoms with van der Waals surface area (Å²) in [5, 5.41) is 19.4. The van der Waals surface area contributed by atoms with Crippen LogP contribution in [0.2, 0.25) is 0 Å². The number of hydrogen-bond donors (Lipinski definition) is 0. The van der Waals surface area contributed by atoms with E-state index in [1.54, 1.807) is 0 Å². The van der Waals surface area contributed by atoms with Gasteiger partial charge in [0, 0.05) is 29.9 Å². The summed E-state index contributed by atoms with van der Waals surface area (Å²) >= 11 is 3.87. The molecular weight excluding hydrogens is 545 g/mol. The van der Waals surface area contributed by atoms with E-state index in [1.165, 1.54) is 117 Å². The minimum absolute atomic E-state index is 1.34. The second-order valence-corrected chi connectivity index (χ2v) is 14.5. The zero-order valence-electron chi connectivity index (χ0n) is 23.9. The molecule has 0 radical (unpaired) electrons. The fourth-order valence-electron chi connectivity index (χ4n) is 7.63. The Hall–Kier alpha value is -4.24. The van der Waals surface area contributed by atoms with Crippen molar-refractivity contribution in [1.82, 2.24) is 0 Å². The molecule has 0 saturated carbocycles. The number of aryl methyl sites for hydroxylation is 4. The van der Waals surface area contributed by atoms with Crippen molar-refractivity contribution in [3.05, 3.63) is 107 Å². The number of benzene rings is 6. The first-order valence-electron chi connectivity index (χ1n) is 14.7. The van der Waals surface area contributed by atoms with Gasteiger partial charge in [0.25, 0.3) is 0 Å². The summed E-state index contributed by atoms with van der Waals surface area (Å²) in [5.74, 6) is 0. The summed E-state index contributed by atoms with van der Waals surface area (Å²) in [4.78, 5) is 2.68. The minimum atomic E-state index is 1.34. The molecule has 0 aliphatic rings. The number of fused-ring (bicyclic) bond motifs is 6. The molecule has 0 unspecified atom stereocenters. The Balaban J connectivity index is 1.24. The van der Waals surface area contributed by atoms with Crippen LogP contribution in [0.25, 0.3) is 94.6 Å². The van der Waals surface area contributed by atoms with E-state index < -0.39 is 0 Å². The Morgan fingerprint density at radius 3 is 1.02 bits per heavy atom. The second-order valence-electron chi connectivity index (χ2n) is 12.3. The summed E-state index contributed by atoms with van der Waals surface area (Å²) in [5.41, 5.74) is 5.46. The van der Waals surface area contributed by atoms with Crippen LogP contribution in [0.1, 0.15) is 22.3 Å². The fraction of sp³-hybridized carbons (Fsp3) is 0.100. The van der Waals surface area contributed by atoms with E-state index in [0.717, 1.165) is 0 Å². The zero-order valence-corrected chi connectivity index (χ0v) is 25.5. The van der Waals surface area contributed by atoms with Crippen LogP contribution in [-0.2, 0) is 0 Å². The topological polar surface area (TPSA) is 0 Å². The molecular formula is C40H26S2. The van der Waals surface area contributed by atoms with Gasteiger partial charge in [-0.25, -0.2) is 0 Å². The van der Waals surface area contributed by atoms with Gasteiger partial charge < -0.3 is 0 Å². The molecule has 2 heteroatoms. The van der Waals surface area contributed by atoms with E-state index in [4.69, 9.17) is 0 Å². The summed E-state index contributed by atoms with van der Waals surface area (Å²) < 4.78 is 2.73. The van der Waals surface area contributed by atoms with Crippen LogP contribution in [-0.4, -0.2) is 0 Å². The molecule has 0 saturated heterocycles. The molecule has 198 valence electrons. The Labute approximate surface area is 251 Å². The van der Waals surface area contributed by atoms with Gasteiger partial charge in [-0.3, -0.25) is 0 Å². The normalized spacial score (nSPS) is 12.8. The van der Waals surface area contributed by atoms with Crippen LogP contribution in [0.5, 0.6) is 0 Å². The molecule has 0 aliphatic carbocycles. The molecule has 0 amide bonds. The monoisotopic (exact) mass is 570 g/mol. The third-order valence-electron chi connectivity index (χ3n) is 9.99. The van der Waals surface area contributed by atoms with Crippen LogP contribution in [0.4, 0.5) is 0 Å². The number of rotatable bonds is 1. The first kappa shape index (κ1) is 23.3. The lowest BCUT2D eigenvalue weighted by molar-refractivity contribution is 1.37. The first-order chi connectivity index (χ1) is 20.4. The molecule has 10 rings (SSSR count). The minimum Gasteiger partial charge on any atom is -0.134 e. The largest absolute Gasteiger partial charge is 0.134 e. The van der Waals surface area contributed by atoms with E-state index >= 15 is 0 Å². The lowest BCUT2D eigenvalue weighted by Gasteiger charge is -2.12. The summed E-state index contributed by atoms with van der Waals surface area (Å²) in [6, 6.07) is 33.2. The van der Waals surface area contributed by atoms with Gasteiger partial charge in [0.15, 0.2) is 0 Å². The Bertz CT molecular complexity index is 2400. The van der Waals surface area contributed by atoms with E-state index in [9.17, 15) is 0 Å². The molecule has 8 aromatic carbocycles. The Morgan fingerprint density at radius 1 is 0.333 bits per heavy atom. The fourth-order valence-corrected chi connectivity index (χ4v) is 9.96. The van der Waals surface area contributed by atoms with Gasteiger partial charge in [-0.15, -0.1) is 22.7 Å². The van der Waals surface area contributed by atoms with Crippen LogP contribution in [0.15, 0.2) is 84.9 Å². The highest BCUT2D eigenvalue weighted by molar-refractivity contribution is 7.28. The van der Waals surface area contributed by atoms with Gasteiger partial charge in [0.1, 0.15) is 0 Å². The molecule has 10 aromatic rings. The van der Waals surface area contributed by atoms with Crippen molar-refractivity contribution < 1.29 is 0 Å². The molecule has 2 aromatic heterocycles. The van der Waals surface area contributed by atoms with E-state index in [0.29, 0.717) is 0 Å². The highest BCUT2D eigenvalue weighted by Gasteiger charge is 2.19. The first-order valence-corrected chi connectivity index (χ1v) is 16.3. The second kappa shape index (κ2) is 7.77. The molecule has 0 spiro atoms. The molecule has 42 heavy (non-hydrogen) atoms. The smallest absolute Gasteiger partial charge is 0.0455 e.